The number of rotatable bonds is 4. The van der Waals surface area contributed by atoms with E-state index in [1.54, 1.807) is 24.5 Å². The molecule has 7 heteroatoms. The van der Waals surface area contributed by atoms with E-state index in [0.717, 1.165) is 21.8 Å². The third-order valence-electron chi connectivity index (χ3n) is 4.61. The Hall–Kier alpha value is -3.87. The second kappa shape index (κ2) is 6.70. The van der Waals surface area contributed by atoms with Crippen molar-refractivity contribution < 1.29 is 4.39 Å². The molecule has 0 saturated carbocycles. The molecule has 28 heavy (non-hydrogen) atoms. The summed E-state index contributed by atoms with van der Waals surface area (Å²) in [5.41, 5.74) is 2.85. The van der Waals surface area contributed by atoms with Gasteiger partial charge in [-0.05, 0) is 23.8 Å². The molecule has 5 aromatic rings. The lowest BCUT2D eigenvalue weighted by atomic mass is 10.1. The minimum Gasteiger partial charge on any atom is -0.322 e. The molecule has 6 nitrogen and oxygen atoms in total. The van der Waals surface area contributed by atoms with E-state index < -0.39 is 6.67 Å². The first-order valence-corrected chi connectivity index (χ1v) is 8.79. The summed E-state index contributed by atoms with van der Waals surface area (Å²) >= 11 is 0. The number of para-hydroxylation sites is 1. The minimum absolute atomic E-state index is 0.453. The number of fused-ring (bicyclic) bond motifs is 2. The quantitative estimate of drug-likeness (QED) is 0.476. The van der Waals surface area contributed by atoms with E-state index in [0.29, 0.717) is 28.6 Å². The molecule has 5 rings (SSSR count). The Balaban J connectivity index is 1.69. The number of alkyl halides is 1. The van der Waals surface area contributed by atoms with Gasteiger partial charge in [0.15, 0.2) is 11.6 Å². The lowest BCUT2D eigenvalue weighted by molar-refractivity contribution is 0.486. The molecule has 2 N–H and O–H groups in total. The van der Waals surface area contributed by atoms with Gasteiger partial charge in [-0.2, -0.15) is 5.10 Å². The van der Waals surface area contributed by atoms with Gasteiger partial charge in [0.2, 0.25) is 0 Å². The van der Waals surface area contributed by atoms with Crippen LogP contribution in [-0.4, -0.2) is 25.1 Å². The van der Waals surface area contributed by atoms with Crippen molar-refractivity contribution in [3.63, 3.8) is 0 Å². The molecule has 0 unspecified atom stereocenters. The average molecular weight is 370 g/mol. The Labute approximate surface area is 159 Å². The van der Waals surface area contributed by atoms with Crippen molar-refractivity contribution in [1.29, 1.82) is 0 Å². The van der Waals surface area contributed by atoms with Crippen molar-refractivity contribution in [3.8, 4) is 11.4 Å². The number of nitrogens with zero attached hydrogens (tertiary/aromatic N) is 4. The van der Waals surface area contributed by atoms with Crippen molar-refractivity contribution in [2.75, 3.05) is 5.32 Å². The summed E-state index contributed by atoms with van der Waals surface area (Å²) < 4.78 is 13.5. The van der Waals surface area contributed by atoms with E-state index in [2.05, 4.69) is 30.5 Å². The molecule has 0 aliphatic heterocycles. The van der Waals surface area contributed by atoms with Gasteiger partial charge >= 0.3 is 0 Å². The minimum atomic E-state index is -0.583. The Morgan fingerprint density at radius 1 is 0.893 bits per heavy atom. The number of anilines is 2. The van der Waals surface area contributed by atoms with Crippen molar-refractivity contribution >= 4 is 33.4 Å². The maximum Gasteiger partial charge on any atom is 0.162 e. The summed E-state index contributed by atoms with van der Waals surface area (Å²) in [7, 11) is 0. The summed E-state index contributed by atoms with van der Waals surface area (Å²) in [5, 5.41) is 12.4. The highest BCUT2D eigenvalue weighted by Gasteiger charge is 2.14. The van der Waals surface area contributed by atoms with E-state index >= 15 is 0 Å². The Morgan fingerprint density at radius 3 is 2.68 bits per heavy atom. The van der Waals surface area contributed by atoms with Gasteiger partial charge in [0.05, 0.1) is 16.4 Å². The summed E-state index contributed by atoms with van der Waals surface area (Å²) in [6.45, 7) is -0.583. The zero-order valence-corrected chi connectivity index (χ0v) is 14.7. The Morgan fingerprint density at radius 2 is 1.75 bits per heavy atom. The fraction of sp³-hybridized carbons (Fsp3) is 0.0476. The average Bonchev–Trinajstić information content (AvgIpc) is 3.16. The van der Waals surface area contributed by atoms with Crippen molar-refractivity contribution in [2.45, 2.75) is 6.67 Å². The standard InChI is InChI=1S/C21H15FN6/c22-11-13-5-1-2-6-14(13)19-24-17-9-10-23-12-16(17)20(25-19)26-21-15-7-3-4-8-18(15)27-28-21/h1-10,12H,11H2,(H2,24,25,26,27,28). The van der Waals surface area contributed by atoms with E-state index in [9.17, 15) is 4.39 Å². The lowest BCUT2D eigenvalue weighted by Gasteiger charge is -2.11. The third-order valence-corrected chi connectivity index (χ3v) is 4.61. The normalized spacial score (nSPS) is 11.2. The maximum absolute atomic E-state index is 13.5. The van der Waals surface area contributed by atoms with Gasteiger partial charge in [0.25, 0.3) is 0 Å². The molecule has 2 aromatic carbocycles. The molecule has 0 amide bonds. The molecule has 3 aromatic heterocycles. The molecule has 0 aliphatic carbocycles. The Bertz CT molecular complexity index is 1300. The predicted molar refractivity (Wildman–Crippen MR) is 107 cm³/mol. The van der Waals surface area contributed by atoms with Gasteiger partial charge in [0, 0.05) is 23.3 Å². The zero-order valence-electron chi connectivity index (χ0n) is 14.7. The highest BCUT2D eigenvalue weighted by Crippen LogP contribution is 2.30. The number of hydrogen-bond donors (Lipinski definition) is 2. The summed E-state index contributed by atoms with van der Waals surface area (Å²) in [6.07, 6.45) is 3.38. The van der Waals surface area contributed by atoms with Crippen LogP contribution >= 0.6 is 0 Å². The molecule has 0 radical (unpaired) electrons. The van der Waals surface area contributed by atoms with E-state index in [-0.39, 0.29) is 0 Å². The summed E-state index contributed by atoms with van der Waals surface area (Å²) in [6, 6.07) is 16.9. The SMILES string of the molecule is FCc1ccccc1-c1nc(Nc2n[nH]c3ccccc23)c2cnccc2n1. The highest BCUT2D eigenvalue weighted by atomic mass is 19.1. The number of hydrogen-bond acceptors (Lipinski definition) is 5. The van der Waals surface area contributed by atoms with Crippen LogP contribution in [0.15, 0.2) is 67.0 Å². The van der Waals surface area contributed by atoms with Crippen LogP contribution in [0.1, 0.15) is 5.56 Å². The summed E-state index contributed by atoms with van der Waals surface area (Å²) in [4.78, 5) is 13.5. The van der Waals surface area contributed by atoms with Gasteiger partial charge in [0.1, 0.15) is 12.5 Å². The van der Waals surface area contributed by atoms with Crippen LogP contribution in [0.3, 0.4) is 0 Å². The number of aromatic nitrogens is 5. The first kappa shape index (κ1) is 16.3. The molecule has 0 fully saturated rings. The molecule has 136 valence electrons. The monoisotopic (exact) mass is 370 g/mol. The van der Waals surface area contributed by atoms with Gasteiger partial charge in [-0.25, -0.2) is 14.4 Å². The predicted octanol–water partition coefficient (Wildman–Crippen LogP) is 4.78. The van der Waals surface area contributed by atoms with Crippen LogP contribution in [0, 0.1) is 0 Å². The fourth-order valence-electron chi connectivity index (χ4n) is 3.21. The van der Waals surface area contributed by atoms with Crippen molar-refractivity contribution in [1.82, 2.24) is 25.1 Å². The van der Waals surface area contributed by atoms with Crippen LogP contribution in [0.5, 0.6) is 0 Å². The van der Waals surface area contributed by atoms with Crippen molar-refractivity contribution in [3.05, 3.63) is 72.6 Å². The van der Waals surface area contributed by atoms with Gasteiger partial charge in [-0.15, -0.1) is 0 Å². The van der Waals surface area contributed by atoms with Crippen LogP contribution in [0.2, 0.25) is 0 Å². The number of nitrogens with one attached hydrogen (secondary N) is 2. The second-order valence-corrected chi connectivity index (χ2v) is 6.32. The molecule has 0 spiro atoms. The van der Waals surface area contributed by atoms with E-state index in [4.69, 9.17) is 0 Å². The molecule has 0 aliphatic rings. The first-order chi connectivity index (χ1) is 13.8. The van der Waals surface area contributed by atoms with Crippen LogP contribution < -0.4 is 5.32 Å². The molecule has 3 heterocycles. The lowest BCUT2D eigenvalue weighted by Crippen LogP contribution is -2.01. The largest absolute Gasteiger partial charge is 0.322 e. The first-order valence-electron chi connectivity index (χ1n) is 8.79. The van der Waals surface area contributed by atoms with E-state index in [1.165, 1.54) is 0 Å². The molecule has 0 saturated heterocycles. The topological polar surface area (TPSA) is 79.4 Å². The van der Waals surface area contributed by atoms with Crippen LogP contribution in [0.4, 0.5) is 16.0 Å². The Kier molecular flexibility index (Phi) is 3.90. The molecular weight excluding hydrogens is 355 g/mol. The summed E-state index contributed by atoms with van der Waals surface area (Å²) in [5.74, 6) is 1.68. The molecule has 0 atom stereocenters. The van der Waals surface area contributed by atoms with Crippen LogP contribution in [0.25, 0.3) is 33.2 Å². The molecule has 0 bridgehead atoms. The highest BCUT2D eigenvalue weighted by molar-refractivity contribution is 5.96. The van der Waals surface area contributed by atoms with Crippen LogP contribution in [-0.2, 0) is 6.67 Å². The second-order valence-electron chi connectivity index (χ2n) is 6.32. The van der Waals surface area contributed by atoms with Gasteiger partial charge in [-0.3, -0.25) is 10.1 Å². The number of H-pyrrole nitrogens is 1. The van der Waals surface area contributed by atoms with Gasteiger partial charge in [-0.1, -0.05) is 36.4 Å². The smallest absolute Gasteiger partial charge is 0.162 e. The fourth-order valence-corrected chi connectivity index (χ4v) is 3.21. The zero-order chi connectivity index (χ0) is 18.9. The van der Waals surface area contributed by atoms with Crippen molar-refractivity contribution in [2.24, 2.45) is 0 Å². The van der Waals surface area contributed by atoms with Gasteiger partial charge < -0.3 is 5.32 Å². The van der Waals surface area contributed by atoms with E-state index in [1.807, 2.05) is 42.5 Å². The maximum atomic E-state index is 13.5. The number of benzene rings is 2. The number of pyridine rings is 1. The number of halogens is 1. The number of aromatic amines is 1. The molecular formula is C21H15FN6. The third kappa shape index (κ3) is 2.73.